The minimum absolute atomic E-state index is 0.0559. The maximum atomic E-state index is 12.7. The molecular formula is C9H15F2NS. The average Bonchev–Trinajstić information content (AvgIpc) is 1.80. The molecule has 76 valence electrons. The molecule has 0 bridgehead atoms. The van der Waals surface area contributed by atoms with Crippen molar-refractivity contribution in [3.63, 3.8) is 0 Å². The first-order chi connectivity index (χ1) is 5.75. The van der Waals surface area contributed by atoms with Crippen molar-refractivity contribution in [2.45, 2.75) is 25.7 Å². The standard InChI is InChI=1S/C9H15F2NS/c1-7(13-12(3)4)8(2)5-9(10,11)6-8/h1,5-6H2,2-4H3. The van der Waals surface area contributed by atoms with E-state index in [1.54, 1.807) is 0 Å². The van der Waals surface area contributed by atoms with Crippen LogP contribution in [0.2, 0.25) is 0 Å². The van der Waals surface area contributed by atoms with Gasteiger partial charge in [0.25, 0.3) is 0 Å². The summed E-state index contributed by atoms with van der Waals surface area (Å²) >= 11 is 1.44. The Kier molecular flexibility index (Phi) is 2.74. The van der Waals surface area contributed by atoms with Crippen molar-refractivity contribution in [1.29, 1.82) is 0 Å². The average molecular weight is 207 g/mol. The van der Waals surface area contributed by atoms with E-state index in [1.165, 1.54) is 11.9 Å². The molecule has 1 rings (SSSR count). The molecule has 0 radical (unpaired) electrons. The number of hydrogen-bond donors (Lipinski definition) is 0. The molecule has 0 aliphatic heterocycles. The van der Waals surface area contributed by atoms with Crippen molar-refractivity contribution in [2.24, 2.45) is 5.41 Å². The van der Waals surface area contributed by atoms with Crippen molar-refractivity contribution in [1.82, 2.24) is 4.31 Å². The molecule has 0 amide bonds. The molecular weight excluding hydrogens is 192 g/mol. The van der Waals surface area contributed by atoms with Crippen LogP contribution in [0.15, 0.2) is 11.5 Å². The Morgan fingerprint density at radius 1 is 1.38 bits per heavy atom. The lowest BCUT2D eigenvalue weighted by Gasteiger charge is -2.46. The minimum Gasteiger partial charge on any atom is -0.253 e. The molecule has 0 heterocycles. The first-order valence-electron chi connectivity index (χ1n) is 4.18. The first-order valence-corrected chi connectivity index (χ1v) is 4.95. The van der Waals surface area contributed by atoms with Gasteiger partial charge in [0.2, 0.25) is 5.92 Å². The fourth-order valence-corrected chi connectivity index (χ4v) is 2.42. The van der Waals surface area contributed by atoms with Gasteiger partial charge < -0.3 is 0 Å². The van der Waals surface area contributed by atoms with Crippen LogP contribution in [-0.4, -0.2) is 24.3 Å². The molecule has 4 heteroatoms. The summed E-state index contributed by atoms with van der Waals surface area (Å²) in [6, 6.07) is 0. The number of rotatable bonds is 3. The van der Waals surface area contributed by atoms with Gasteiger partial charge in [0.1, 0.15) is 0 Å². The van der Waals surface area contributed by atoms with E-state index in [0.29, 0.717) is 0 Å². The van der Waals surface area contributed by atoms with Gasteiger partial charge in [-0.05, 0) is 30.9 Å². The van der Waals surface area contributed by atoms with Gasteiger partial charge >= 0.3 is 0 Å². The van der Waals surface area contributed by atoms with Crippen LogP contribution >= 0.6 is 11.9 Å². The Balaban J connectivity index is 2.50. The number of hydrogen-bond acceptors (Lipinski definition) is 2. The van der Waals surface area contributed by atoms with Crippen LogP contribution < -0.4 is 0 Å². The molecule has 0 aromatic heterocycles. The van der Waals surface area contributed by atoms with E-state index in [9.17, 15) is 8.78 Å². The van der Waals surface area contributed by atoms with Gasteiger partial charge in [-0.3, -0.25) is 4.31 Å². The molecule has 1 fully saturated rings. The van der Waals surface area contributed by atoms with Gasteiger partial charge in [0.05, 0.1) is 0 Å². The van der Waals surface area contributed by atoms with Crippen molar-refractivity contribution in [3.05, 3.63) is 11.5 Å². The van der Waals surface area contributed by atoms with E-state index in [1.807, 2.05) is 25.3 Å². The van der Waals surface area contributed by atoms with E-state index < -0.39 is 5.92 Å². The van der Waals surface area contributed by atoms with E-state index in [2.05, 4.69) is 6.58 Å². The van der Waals surface area contributed by atoms with Gasteiger partial charge in [0.15, 0.2) is 0 Å². The fraction of sp³-hybridized carbons (Fsp3) is 0.778. The van der Waals surface area contributed by atoms with Gasteiger partial charge in [0, 0.05) is 18.3 Å². The normalized spacial score (nSPS) is 24.2. The van der Waals surface area contributed by atoms with E-state index in [0.717, 1.165) is 4.91 Å². The van der Waals surface area contributed by atoms with Gasteiger partial charge in [-0.25, -0.2) is 8.78 Å². The summed E-state index contributed by atoms with van der Waals surface area (Å²) in [6.45, 7) is 5.69. The zero-order chi connectivity index (χ0) is 10.3. The third kappa shape index (κ3) is 2.44. The van der Waals surface area contributed by atoms with Gasteiger partial charge in [-0.1, -0.05) is 13.5 Å². The minimum atomic E-state index is -2.47. The molecule has 0 spiro atoms. The topological polar surface area (TPSA) is 3.24 Å². The summed E-state index contributed by atoms with van der Waals surface area (Å²) < 4.78 is 27.2. The molecule has 13 heavy (non-hydrogen) atoms. The third-order valence-electron chi connectivity index (χ3n) is 2.26. The van der Waals surface area contributed by atoms with Crippen molar-refractivity contribution in [2.75, 3.05) is 14.1 Å². The lowest BCUT2D eigenvalue weighted by Crippen LogP contribution is -2.44. The monoisotopic (exact) mass is 207 g/mol. The first kappa shape index (κ1) is 11.0. The summed E-state index contributed by atoms with van der Waals surface area (Å²) in [4.78, 5) is 0.837. The van der Waals surface area contributed by atoms with Crippen LogP contribution in [0.5, 0.6) is 0 Å². The molecule has 0 saturated heterocycles. The molecule has 1 saturated carbocycles. The second kappa shape index (κ2) is 3.24. The zero-order valence-corrected chi connectivity index (χ0v) is 9.05. The van der Waals surface area contributed by atoms with Crippen LogP contribution in [0.4, 0.5) is 8.78 Å². The molecule has 0 N–H and O–H groups in total. The molecule has 1 aliphatic rings. The number of alkyl halides is 2. The van der Waals surface area contributed by atoms with Crippen LogP contribution in [0.25, 0.3) is 0 Å². The number of nitrogens with zero attached hydrogens (tertiary/aromatic N) is 1. The quantitative estimate of drug-likeness (QED) is 0.654. The molecule has 1 aliphatic carbocycles. The van der Waals surface area contributed by atoms with Crippen molar-refractivity contribution in [3.8, 4) is 0 Å². The summed E-state index contributed by atoms with van der Waals surface area (Å²) in [7, 11) is 3.77. The van der Waals surface area contributed by atoms with E-state index >= 15 is 0 Å². The SMILES string of the molecule is C=C(SN(C)C)C1(C)CC(F)(F)C1. The van der Waals surface area contributed by atoms with Crippen LogP contribution in [0.3, 0.4) is 0 Å². The predicted octanol–water partition coefficient (Wildman–Crippen LogP) is 3.15. The Bertz CT molecular complexity index is 218. The highest BCUT2D eigenvalue weighted by atomic mass is 32.2. The second-order valence-corrected chi connectivity index (χ2v) is 5.50. The van der Waals surface area contributed by atoms with Crippen LogP contribution in [0, 0.1) is 5.41 Å². The lowest BCUT2D eigenvalue weighted by atomic mass is 9.67. The number of allylic oxidation sites excluding steroid dienone is 1. The van der Waals surface area contributed by atoms with Crippen LogP contribution in [-0.2, 0) is 0 Å². The highest BCUT2D eigenvalue weighted by Crippen LogP contribution is 2.57. The molecule has 1 nitrogen and oxygen atoms in total. The Morgan fingerprint density at radius 3 is 2.15 bits per heavy atom. The maximum absolute atomic E-state index is 12.7. The highest BCUT2D eigenvalue weighted by molar-refractivity contribution is 8.00. The molecule has 0 aromatic rings. The smallest absolute Gasteiger partial charge is 0.249 e. The maximum Gasteiger partial charge on any atom is 0.249 e. The summed E-state index contributed by atoms with van der Waals surface area (Å²) in [5.41, 5.74) is -0.377. The number of halogens is 2. The molecule has 0 atom stereocenters. The second-order valence-electron chi connectivity index (χ2n) is 4.10. The van der Waals surface area contributed by atoms with Crippen molar-refractivity contribution < 1.29 is 8.78 Å². The fourth-order valence-electron chi connectivity index (χ4n) is 1.62. The van der Waals surface area contributed by atoms with Gasteiger partial charge in [-0.15, -0.1) is 0 Å². The molecule has 0 aromatic carbocycles. The van der Waals surface area contributed by atoms with Crippen LogP contribution in [0.1, 0.15) is 19.8 Å². The Morgan fingerprint density at radius 2 is 1.85 bits per heavy atom. The van der Waals surface area contributed by atoms with E-state index in [-0.39, 0.29) is 18.3 Å². The Labute approximate surface area is 82.3 Å². The van der Waals surface area contributed by atoms with E-state index in [4.69, 9.17) is 0 Å². The zero-order valence-electron chi connectivity index (χ0n) is 8.23. The van der Waals surface area contributed by atoms with Crippen molar-refractivity contribution >= 4 is 11.9 Å². The Hall–Kier alpha value is -0.0900. The molecule has 0 unspecified atom stereocenters. The summed E-state index contributed by atoms with van der Waals surface area (Å²) in [5, 5.41) is 0. The third-order valence-corrected chi connectivity index (χ3v) is 3.34. The van der Waals surface area contributed by atoms with Gasteiger partial charge in [-0.2, -0.15) is 0 Å². The summed E-state index contributed by atoms with van der Waals surface area (Å²) in [6.07, 6.45) is -0.112. The predicted molar refractivity (Wildman–Crippen MR) is 52.7 cm³/mol. The highest BCUT2D eigenvalue weighted by Gasteiger charge is 2.55. The largest absolute Gasteiger partial charge is 0.253 e. The summed E-state index contributed by atoms with van der Waals surface area (Å²) in [5.74, 6) is -2.47. The lowest BCUT2D eigenvalue weighted by molar-refractivity contribution is -0.135.